The normalized spacial score (nSPS) is 22.5. The highest BCUT2D eigenvalue weighted by atomic mass is 32.2. The third-order valence-electron chi connectivity index (χ3n) is 4.72. The Labute approximate surface area is 157 Å². The van der Waals surface area contributed by atoms with Gasteiger partial charge in [-0.25, -0.2) is 13.4 Å². The number of aliphatic imine (C=N–C) groups is 1. The molecule has 0 fully saturated rings. The number of carbonyl (C=O) groups excluding carboxylic acids is 1. The Kier molecular flexibility index (Phi) is 4.43. The Morgan fingerprint density at radius 3 is 2.56 bits per heavy atom. The fourth-order valence-electron chi connectivity index (χ4n) is 3.27. The van der Waals surface area contributed by atoms with Gasteiger partial charge in [-0.2, -0.15) is 4.99 Å². The zero-order valence-corrected chi connectivity index (χ0v) is 16.1. The molecule has 1 aliphatic carbocycles. The number of hydrogen-bond donors (Lipinski definition) is 2. The molecule has 4 N–H and O–H groups in total. The van der Waals surface area contributed by atoms with Crippen LogP contribution >= 0.6 is 0 Å². The van der Waals surface area contributed by atoms with Crippen molar-refractivity contribution >= 4 is 32.7 Å². The van der Waals surface area contributed by atoms with E-state index in [9.17, 15) is 13.2 Å². The van der Waals surface area contributed by atoms with Gasteiger partial charge in [-0.15, -0.1) is 0 Å². The van der Waals surface area contributed by atoms with Crippen LogP contribution in [0.25, 0.3) is 11.0 Å². The minimum absolute atomic E-state index is 0.198. The molecule has 9 heteroatoms. The van der Waals surface area contributed by atoms with Gasteiger partial charge in [-0.05, 0) is 18.2 Å². The second-order valence-electron chi connectivity index (χ2n) is 6.64. The standard InChI is InChI=1S/C18H21N5O3S/c1-11-8-9-18(27(3,25)26,10-12(11)15(24)22-17(19)20)16-21-13-6-4-5-7-14(13)23(16)2/h4-11H,1-3H3,(H4,19,20,22,24). The van der Waals surface area contributed by atoms with Crippen LogP contribution in [0.5, 0.6) is 0 Å². The summed E-state index contributed by atoms with van der Waals surface area (Å²) >= 11 is 0. The van der Waals surface area contributed by atoms with Crippen molar-refractivity contribution in [3.8, 4) is 0 Å². The number of rotatable bonds is 3. The number of aromatic nitrogens is 2. The molecule has 1 aromatic heterocycles. The maximum atomic E-state index is 12.9. The lowest BCUT2D eigenvalue weighted by Crippen LogP contribution is -2.37. The van der Waals surface area contributed by atoms with E-state index in [2.05, 4.69) is 9.98 Å². The second-order valence-corrected chi connectivity index (χ2v) is 8.86. The van der Waals surface area contributed by atoms with Gasteiger partial charge in [0, 0.05) is 24.8 Å². The smallest absolute Gasteiger partial charge is 0.276 e. The first kappa shape index (κ1) is 18.8. The average Bonchev–Trinajstić information content (AvgIpc) is 2.91. The minimum atomic E-state index is -3.74. The molecule has 0 spiro atoms. The van der Waals surface area contributed by atoms with Crippen molar-refractivity contribution in [2.75, 3.05) is 6.26 Å². The first-order valence-electron chi connectivity index (χ1n) is 8.24. The molecule has 0 bridgehead atoms. The zero-order valence-electron chi connectivity index (χ0n) is 15.2. The molecule has 1 aromatic carbocycles. The molecule has 0 saturated carbocycles. The van der Waals surface area contributed by atoms with E-state index in [1.54, 1.807) is 36.8 Å². The Morgan fingerprint density at radius 1 is 1.30 bits per heavy atom. The van der Waals surface area contributed by atoms with Gasteiger partial charge in [-0.3, -0.25) is 4.79 Å². The first-order chi connectivity index (χ1) is 12.6. The fourth-order valence-corrected chi connectivity index (χ4v) is 4.45. The Hall–Kier alpha value is -2.94. The van der Waals surface area contributed by atoms with E-state index in [-0.39, 0.29) is 17.5 Å². The lowest BCUT2D eigenvalue weighted by Gasteiger charge is -2.30. The van der Waals surface area contributed by atoms with Crippen LogP contribution < -0.4 is 11.5 Å². The van der Waals surface area contributed by atoms with E-state index < -0.39 is 20.5 Å². The molecule has 27 heavy (non-hydrogen) atoms. The summed E-state index contributed by atoms with van der Waals surface area (Å²) in [5, 5.41) is 0. The third-order valence-corrected chi connectivity index (χ3v) is 6.38. The van der Waals surface area contributed by atoms with Crippen molar-refractivity contribution in [2.24, 2.45) is 29.4 Å². The molecule has 2 atom stereocenters. The summed E-state index contributed by atoms with van der Waals surface area (Å²) in [7, 11) is -1.99. The van der Waals surface area contributed by atoms with E-state index in [1.807, 2.05) is 18.2 Å². The molecule has 8 nitrogen and oxygen atoms in total. The van der Waals surface area contributed by atoms with Crippen LogP contribution in [0.3, 0.4) is 0 Å². The predicted octanol–water partition coefficient (Wildman–Crippen LogP) is 0.746. The number of benzene rings is 1. The number of sulfone groups is 1. The summed E-state index contributed by atoms with van der Waals surface area (Å²) in [6, 6.07) is 7.34. The van der Waals surface area contributed by atoms with E-state index in [1.165, 1.54) is 6.08 Å². The number of guanidine groups is 1. The highest BCUT2D eigenvalue weighted by Gasteiger charge is 2.45. The number of nitrogens with zero attached hydrogens (tertiary/aromatic N) is 3. The first-order valence-corrected chi connectivity index (χ1v) is 10.1. The minimum Gasteiger partial charge on any atom is -0.370 e. The highest BCUT2D eigenvalue weighted by Crippen LogP contribution is 2.40. The van der Waals surface area contributed by atoms with Crippen LogP contribution in [0.1, 0.15) is 12.7 Å². The third kappa shape index (κ3) is 3.03. The van der Waals surface area contributed by atoms with Crippen LogP contribution in [0.15, 0.2) is 53.1 Å². The highest BCUT2D eigenvalue weighted by molar-refractivity contribution is 7.92. The van der Waals surface area contributed by atoms with Crippen molar-refractivity contribution in [1.82, 2.24) is 9.55 Å². The summed E-state index contributed by atoms with van der Waals surface area (Å²) in [6.45, 7) is 1.77. The lowest BCUT2D eigenvalue weighted by atomic mass is 9.88. The Balaban J connectivity index is 2.32. The number of allylic oxidation sites excluding steroid dienone is 1. The number of aryl methyl sites for hydroxylation is 1. The molecule has 1 amide bonds. The molecule has 0 radical (unpaired) electrons. The Bertz CT molecular complexity index is 1120. The number of imidazole rings is 1. The lowest BCUT2D eigenvalue weighted by molar-refractivity contribution is -0.114. The van der Waals surface area contributed by atoms with E-state index >= 15 is 0 Å². The van der Waals surface area contributed by atoms with Gasteiger partial charge < -0.3 is 16.0 Å². The van der Waals surface area contributed by atoms with Gasteiger partial charge in [0.05, 0.1) is 11.0 Å². The number of para-hydroxylation sites is 2. The van der Waals surface area contributed by atoms with Crippen LogP contribution in [0.4, 0.5) is 0 Å². The molecule has 142 valence electrons. The van der Waals surface area contributed by atoms with E-state index in [0.29, 0.717) is 11.3 Å². The summed E-state index contributed by atoms with van der Waals surface area (Å²) in [4.78, 5) is 20.6. The van der Waals surface area contributed by atoms with Gasteiger partial charge >= 0.3 is 0 Å². The Morgan fingerprint density at radius 2 is 1.96 bits per heavy atom. The van der Waals surface area contributed by atoms with E-state index in [0.717, 1.165) is 11.8 Å². The second kappa shape index (κ2) is 6.34. The average molecular weight is 387 g/mol. The van der Waals surface area contributed by atoms with Gasteiger partial charge in [0.2, 0.25) is 0 Å². The fraction of sp³-hybridized carbons (Fsp3) is 0.278. The quantitative estimate of drug-likeness (QED) is 0.453. The summed E-state index contributed by atoms with van der Waals surface area (Å²) < 4.78 is 25.9. The molecular weight excluding hydrogens is 366 g/mol. The number of carbonyl (C=O) groups is 1. The summed E-state index contributed by atoms with van der Waals surface area (Å²) in [6.07, 6.45) is 5.76. The molecule has 0 aliphatic heterocycles. The van der Waals surface area contributed by atoms with Crippen molar-refractivity contribution < 1.29 is 13.2 Å². The number of hydrogen-bond acceptors (Lipinski definition) is 4. The van der Waals surface area contributed by atoms with Crippen molar-refractivity contribution in [3.63, 3.8) is 0 Å². The zero-order chi connectivity index (χ0) is 20.0. The molecule has 2 aromatic rings. The summed E-state index contributed by atoms with van der Waals surface area (Å²) in [5.41, 5.74) is 12.3. The molecule has 3 rings (SSSR count). The van der Waals surface area contributed by atoms with E-state index in [4.69, 9.17) is 11.5 Å². The molecular formula is C18H21N5O3S. The van der Waals surface area contributed by atoms with Crippen LogP contribution in [-0.2, 0) is 26.4 Å². The van der Waals surface area contributed by atoms with Crippen LogP contribution in [0, 0.1) is 5.92 Å². The molecule has 2 unspecified atom stereocenters. The van der Waals surface area contributed by atoms with Gasteiger partial charge in [0.15, 0.2) is 20.5 Å². The van der Waals surface area contributed by atoms with Crippen LogP contribution in [0.2, 0.25) is 0 Å². The number of fused-ring (bicyclic) bond motifs is 1. The van der Waals surface area contributed by atoms with Crippen molar-refractivity contribution in [2.45, 2.75) is 11.7 Å². The SMILES string of the molecule is CC1C=CC(c2nc3ccccc3n2C)(S(C)(=O)=O)C=C1C(=O)N=C(N)N. The number of amides is 1. The molecule has 1 aliphatic rings. The predicted molar refractivity (Wildman–Crippen MR) is 104 cm³/mol. The van der Waals surface area contributed by atoms with Crippen molar-refractivity contribution in [3.05, 3.63) is 53.9 Å². The molecule has 1 heterocycles. The summed E-state index contributed by atoms with van der Waals surface area (Å²) in [5.74, 6) is -1.09. The molecule has 0 saturated heterocycles. The maximum Gasteiger partial charge on any atom is 0.276 e. The maximum absolute atomic E-state index is 12.9. The van der Waals surface area contributed by atoms with Crippen molar-refractivity contribution in [1.29, 1.82) is 0 Å². The monoisotopic (exact) mass is 387 g/mol. The van der Waals surface area contributed by atoms with Gasteiger partial charge in [0.1, 0.15) is 5.82 Å². The number of nitrogens with two attached hydrogens (primary N) is 2. The van der Waals surface area contributed by atoms with Gasteiger partial charge in [0.25, 0.3) is 5.91 Å². The topological polar surface area (TPSA) is 133 Å². The van der Waals surface area contributed by atoms with Gasteiger partial charge in [-0.1, -0.05) is 31.2 Å². The largest absolute Gasteiger partial charge is 0.370 e. The van der Waals surface area contributed by atoms with Crippen LogP contribution in [-0.4, -0.2) is 36.1 Å².